The average Bonchev–Trinajstić information content (AvgIpc) is 2.33. The van der Waals surface area contributed by atoms with Gasteiger partial charge in [0, 0.05) is 6.54 Å². The molecule has 1 saturated heterocycles. The summed E-state index contributed by atoms with van der Waals surface area (Å²) in [7, 11) is 0. The van der Waals surface area contributed by atoms with E-state index in [1.54, 1.807) is 12.1 Å². The van der Waals surface area contributed by atoms with Gasteiger partial charge in [0.2, 0.25) is 0 Å². The second kappa shape index (κ2) is 8.25. The van der Waals surface area contributed by atoms with E-state index >= 15 is 0 Å². The van der Waals surface area contributed by atoms with Crippen LogP contribution in [0, 0.1) is 11.7 Å². The first-order valence-corrected chi connectivity index (χ1v) is 7.12. The molecule has 1 aromatic rings. The van der Waals surface area contributed by atoms with Gasteiger partial charge in [-0.25, -0.2) is 4.39 Å². The van der Waals surface area contributed by atoms with Crippen LogP contribution in [0.1, 0.15) is 45.6 Å². The summed E-state index contributed by atoms with van der Waals surface area (Å²) < 4.78 is 13.0. The molecule has 2 heteroatoms. The molecule has 0 unspecified atom stereocenters. The van der Waals surface area contributed by atoms with Crippen molar-refractivity contribution in [1.82, 2.24) is 4.90 Å². The van der Waals surface area contributed by atoms with E-state index in [-0.39, 0.29) is 5.82 Å². The Balaban J connectivity index is 0.000000492. The first-order chi connectivity index (χ1) is 8.65. The SMILES string of the molecule is CC1CCN(Cc2cccc(F)c2)CC1.CCC. The molecule has 18 heavy (non-hydrogen) atoms. The van der Waals surface area contributed by atoms with Gasteiger partial charge >= 0.3 is 0 Å². The second-order valence-electron chi connectivity index (χ2n) is 5.30. The van der Waals surface area contributed by atoms with Crippen molar-refractivity contribution in [3.8, 4) is 0 Å². The molecular formula is C16H26FN. The minimum Gasteiger partial charge on any atom is -0.299 e. The Bertz CT molecular complexity index is 330. The third kappa shape index (κ3) is 5.63. The molecule has 1 aliphatic heterocycles. The highest BCUT2D eigenvalue weighted by atomic mass is 19.1. The molecule has 0 saturated carbocycles. The molecule has 0 aromatic heterocycles. The van der Waals surface area contributed by atoms with Crippen LogP contribution in [0.25, 0.3) is 0 Å². The molecule has 102 valence electrons. The van der Waals surface area contributed by atoms with Gasteiger partial charge in [0.1, 0.15) is 5.82 Å². The Morgan fingerprint density at radius 2 is 1.83 bits per heavy atom. The fraction of sp³-hybridized carbons (Fsp3) is 0.625. The third-order valence-electron chi connectivity index (χ3n) is 3.17. The number of halogens is 1. The van der Waals surface area contributed by atoms with Crippen molar-refractivity contribution in [3.05, 3.63) is 35.6 Å². The van der Waals surface area contributed by atoms with E-state index in [2.05, 4.69) is 25.7 Å². The zero-order valence-electron chi connectivity index (χ0n) is 12.0. The molecule has 1 aliphatic rings. The highest BCUT2D eigenvalue weighted by molar-refractivity contribution is 5.16. The molecule has 2 rings (SSSR count). The van der Waals surface area contributed by atoms with Gasteiger partial charge in [-0.2, -0.15) is 0 Å². The Hall–Kier alpha value is -0.890. The number of hydrogen-bond donors (Lipinski definition) is 0. The topological polar surface area (TPSA) is 3.24 Å². The quantitative estimate of drug-likeness (QED) is 0.749. The largest absolute Gasteiger partial charge is 0.299 e. The maximum Gasteiger partial charge on any atom is 0.123 e. The van der Waals surface area contributed by atoms with Crippen molar-refractivity contribution in [2.24, 2.45) is 5.92 Å². The Kier molecular flexibility index (Phi) is 6.96. The van der Waals surface area contributed by atoms with Crippen LogP contribution >= 0.6 is 0 Å². The first kappa shape index (κ1) is 15.2. The van der Waals surface area contributed by atoms with E-state index in [0.29, 0.717) is 0 Å². The third-order valence-corrected chi connectivity index (χ3v) is 3.17. The number of likely N-dealkylation sites (tertiary alicyclic amines) is 1. The van der Waals surface area contributed by atoms with E-state index in [9.17, 15) is 4.39 Å². The fourth-order valence-corrected chi connectivity index (χ4v) is 2.11. The van der Waals surface area contributed by atoms with Gasteiger partial charge in [-0.1, -0.05) is 39.3 Å². The van der Waals surface area contributed by atoms with E-state index in [1.807, 2.05) is 6.07 Å². The molecule has 1 fully saturated rings. The fourth-order valence-electron chi connectivity index (χ4n) is 2.11. The van der Waals surface area contributed by atoms with Gasteiger partial charge in [-0.3, -0.25) is 4.90 Å². The lowest BCUT2D eigenvalue weighted by atomic mass is 9.99. The number of nitrogens with zero attached hydrogens (tertiary/aromatic N) is 1. The van der Waals surface area contributed by atoms with Crippen LogP contribution < -0.4 is 0 Å². The summed E-state index contributed by atoms with van der Waals surface area (Å²) in [5.74, 6) is 0.728. The van der Waals surface area contributed by atoms with Crippen LogP contribution in [0.15, 0.2) is 24.3 Å². The molecule has 0 N–H and O–H groups in total. The summed E-state index contributed by atoms with van der Waals surface area (Å²) in [5, 5.41) is 0. The van der Waals surface area contributed by atoms with Crippen LogP contribution in [0.4, 0.5) is 4.39 Å². The van der Waals surface area contributed by atoms with Crippen LogP contribution in [-0.2, 0) is 6.54 Å². The lowest BCUT2D eigenvalue weighted by Gasteiger charge is -2.30. The summed E-state index contributed by atoms with van der Waals surface area (Å²) >= 11 is 0. The zero-order valence-corrected chi connectivity index (χ0v) is 12.0. The summed E-state index contributed by atoms with van der Waals surface area (Å²) in [6.45, 7) is 9.75. The molecule has 0 atom stereocenters. The van der Waals surface area contributed by atoms with Crippen LogP contribution in [0.2, 0.25) is 0 Å². The van der Waals surface area contributed by atoms with Gasteiger partial charge in [0.25, 0.3) is 0 Å². The Morgan fingerprint density at radius 1 is 1.22 bits per heavy atom. The van der Waals surface area contributed by atoms with Gasteiger partial charge < -0.3 is 0 Å². The van der Waals surface area contributed by atoms with Gasteiger partial charge in [0.15, 0.2) is 0 Å². The van der Waals surface area contributed by atoms with Crippen LogP contribution in [0.3, 0.4) is 0 Å². The van der Waals surface area contributed by atoms with E-state index < -0.39 is 0 Å². The molecule has 1 aromatic carbocycles. The lowest BCUT2D eigenvalue weighted by Crippen LogP contribution is -2.32. The number of piperidine rings is 1. The predicted molar refractivity (Wildman–Crippen MR) is 76.0 cm³/mol. The minimum absolute atomic E-state index is 0.127. The zero-order chi connectivity index (χ0) is 13.4. The van der Waals surface area contributed by atoms with Crippen molar-refractivity contribution < 1.29 is 4.39 Å². The predicted octanol–water partition coefficient (Wildman–Crippen LogP) is 4.47. The molecule has 0 radical (unpaired) electrons. The lowest BCUT2D eigenvalue weighted by molar-refractivity contribution is 0.185. The van der Waals surface area contributed by atoms with Gasteiger partial charge in [0.05, 0.1) is 0 Å². The highest BCUT2D eigenvalue weighted by Crippen LogP contribution is 2.18. The molecule has 0 spiro atoms. The molecule has 1 heterocycles. The van der Waals surface area contributed by atoms with Crippen LogP contribution in [0.5, 0.6) is 0 Å². The standard InChI is InChI=1S/C13H18FN.C3H8/c1-11-5-7-15(8-6-11)10-12-3-2-4-13(14)9-12;1-3-2/h2-4,9,11H,5-8,10H2,1H3;3H2,1-2H3. The van der Waals surface area contributed by atoms with Crippen molar-refractivity contribution in [3.63, 3.8) is 0 Å². The van der Waals surface area contributed by atoms with Crippen molar-refractivity contribution in [2.45, 2.75) is 46.6 Å². The summed E-state index contributed by atoms with van der Waals surface area (Å²) in [5.41, 5.74) is 1.09. The first-order valence-electron chi connectivity index (χ1n) is 7.12. The van der Waals surface area contributed by atoms with Crippen molar-refractivity contribution >= 4 is 0 Å². The van der Waals surface area contributed by atoms with Gasteiger partial charge in [-0.15, -0.1) is 0 Å². The number of hydrogen-bond acceptors (Lipinski definition) is 1. The molecule has 0 bridgehead atoms. The summed E-state index contributed by atoms with van der Waals surface area (Å²) in [6.07, 6.45) is 3.80. The van der Waals surface area contributed by atoms with Gasteiger partial charge in [-0.05, 0) is 49.5 Å². The molecule has 0 aliphatic carbocycles. The van der Waals surface area contributed by atoms with E-state index in [1.165, 1.54) is 25.3 Å². The Labute approximate surface area is 111 Å². The monoisotopic (exact) mass is 251 g/mol. The highest BCUT2D eigenvalue weighted by Gasteiger charge is 2.15. The number of rotatable bonds is 2. The summed E-state index contributed by atoms with van der Waals surface area (Å²) in [4.78, 5) is 2.41. The number of benzene rings is 1. The maximum absolute atomic E-state index is 13.0. The van der Waals surface area contributed by atoms with Crippen LogP contribution in [-0.4, -0.2) is 18.0 Å². The summed E-state index contributed by atoms with van der Waals surface area (Å²) in [6, 6.07) is 6.93. The molecule has 0 amide bonds. The molecule has 1 nitrogen and oxygen atoms in total. The second-order valence-corrected chi connectivity index (χ2v) is 5.30. The average molecular weight is 251 g/mol. The Morgan fingerprint density at radius 3 is 2.39 bits per heavy atom. The normalized spacial score (nSPS) is 17.1. The van der Waals surface area contributed by atoms with E-state index in [0.717, 1.165) is 31.1 Å². The maximum atomic E-state index is 13.0. The smallest absolute Gasteiger partial charge is 0.123 e. The molecular weight excluding hydrogens is 225 g/mol. The van der Waals surface area contributed by atoms with Crippen molar-refractivity contribution in [1.29, 1.82) is 0 Å². The van der Waals surface area contributed by atoms with E-state index in [4.69, 9.17) is 0 Å². The van der Waals surface area contributed by atoms with Crippen molar-refractivity contribution in [2.75, 3.05) is 13.1 Å². The minimum atomic E-state index is -0.127.